The number of rotatable bonds is 3. The summed E-state index contributed by atoms with van der Waals surface area (Å²) in [7, 11) is 0. The first-order chi connectivity index (χ1) is 10.6. The molecule has 0 fully saturated rings. The fourth-order valence-corrected chi connectivity index (χ4v) is 2.76. The van der Waals surface area contributed by atoms with E-state index in [1.165, 1.54) is 6.07 Å². The quantitative estimate of drug-likeness (QED) is 0.870. The van der Waals surface area contributed by atoms with Gasteiger partial charge in [-0.1, -0.05) is 19.1 Å². The van der Waals surface area contributed by atoms with Crippen LogP contribution in [-0.2, 0) is 30.7 Å². The zero-order chi connectivity index (χ0) is 15.7. The van der Waals surface area contributed by atoms with E-state index < -0.39 is 0 Å². The Bertz CT molecular complexity index is 710. The minimum Gasteiger partial charge on any atom is -0.333 e. The van der Waals surface area contributed by atoms with Crippen molar-refractivity contribution in [3.8, 4) is 0 Å². The number of carbonyl (C=O) groups is 1. The van der Waals surface area contributed by atoms with E-state index in [2.05, 4.69) is 14.8 Å². The van der Waals surface area contributed by atoms with E-state index in [1.807, 2.05) is 19.9 Å². The Labute approximate surface area is 128 Å². The highest BCUT2D eigenvalue weighted by Crippen LogP contribution is 2.16. The van der Waals surface area contributed by atoms with Crippen LogP contribution in [0.3, 0.4) is 0 Å². The summed E-state index contributed by atoms with van der Waals surface area (Å²) in [5, 5.41) is 8.27. The van der Waals surface area contributed by atoms with Crippen LogP contribution in [0.1, 0.15) is 29.7 Å². The Morgan fingerprint density at radius 2 is 2.14 bits per heavy atom. The fourth-order valence-electron chi connectivity index (χ4n) is 2.76. The van der Waals surface area contributed by atoms with Gasteiger partial charge in [0.1, 0.15) is 11.6 Å². The van der Waals surface area contributed by atoms with Gasteiger partial charge in [-0.25, -0.2) is 4.39 Å². The Hall–Kier alpha value is -2.24. The van der Waals surface area contributed by atoms with Gasteiger partial charge in [-0.15, -0.1) is 10.2 Å². The van der Waals surface area contributed by atoms with Crippen molar-refractivity contribution in [1.29, 1.82) is 0 Å². The fraction of sp³-hybridized carbons (Fsp3) is 0.438. The molecule has 0 radical (unpaired) electrons. The molecular formula is C16H19FN4O. The number of nitrogens with zero attached hydrogens (tertiary/aromatic N) is 4. The average Bonchev–Trinajstić information content (AvgIpc) is 2.92. The maximum absolute atomic E-state index is 13.9. The van der Waals surface area contributed by atoms with Crippen LogP contribution in [0.15, 0.2) is 18.2 Å². The molecule has 0 saturated carbocycles. The average molecular weight is 302 g/mol. The van der Waals surface area contributed by atoms with E-state index in [0.29, 0.717) is 25.2 Å². The lowest BCUT2D eigenvalue weighted by molar-refractivity contribution is -0.132. The molecule has 0 bridgehead atoms. The van der Waals surface area contributed by atoms with Gasteiger partial charge >= 0.3 is 0 Å². The van der Waals surface area contributed by atoms with E-state index in [-0.39, 0.29) is 18.1 Å². The molecule has 0 aliphatic carbocycles. The van der Waals surface area contributed by atoms with E-state index in [4.69, 9.17) is 0 Å². The molecule has 0 N–H and O–H groups in total. The van der Waals surface area contributed by atoms with Crippen molar-refractivity contribution >= 4 is 5.91 Å². The van der Waals surface area contributed by atoms with Gasteiger partial charge in [0.05, 0.1) is 13.0 Å². The third-order valence-corrected chi connectivity index (χ3v) is 4.05. The number of benzene rings is 1. The summed E-state index contributed by atoms with van der Waals surface area (Å²) in [6.07, 6.45) is 0.913. The summed E-state index contributed by atoms with van der Waals surface area (Å²) >= 11 is 0. The first-order valence-electron chi connectivity index (χ1n) is 7.52. The lowest BCUT2D eigenvalue weighted by Gasteiger charge is -2.28. The SMILES string of the molecule is CCc1nnc2n1CCN(C(=O)Cc1ccc(C)cc1F)C2. The number of hydrogen-bond acceptors (Lipinski definition) is 3. The first-order valence-corrected chi connectivity index (χ1v) is 7.52. The van der Waals surface area contributed by atoms with Crippen molar-refractivity contribution in [2.75, 3.05) is 6.54 Å². The van der Waals surface area contributed by atoms with Gasteiger partial charge in [0.25, 0.3) is 0 Å². The highest BCUT2D eigenvalue weighted by atomic mass is 19.1. The molecule has 1 aromatic carbocycles. The highest BCUT2D eigenvalue weighted by Gasteiger charge is 2.24. The number of aromatic nitrogens is 3. The molecule has 3 rings (SSSR count). The van der Waals surface area contributed by atoms with Gasteiger partial charge in [-0.3, -0.25) is 4.79 Å². The summed E-state index contributed by atoms with van der Waals surface area (Å²) < 4.78 is 15.9. The Morgan fingerprint density at radius 1 is 1.32 bits per heavy atom. The molecular weight excluding hydrogens is 283 g/mol. The molecule has 1 aromatic heterocycles. The number of carbonyl (C=O) groups excluding carboxylic acids is 1. The van der Waals surface area contributed by atoms with Crippen molar-refractivity contribution in [2.24, 2.45) is 0 Å². The summed E-state index contributed by atoms with van der Waals surface area (Å²) in [6.45, 7) is 5.63. The maximum Gasteiger partial charge on any atom is 0.227 e. The van der Waals surface area contributed by atoms with Crippen molar-refractivity contribution < 1.29 is 9.18 Å². The van der Waals surface area contributed by atoms with Crippen LogP contribution in [0, 0.1) is 12.7 Å². The monoisotopic (exact) mass is 302 g/mol. The maximum atomic E-state index is 13.9. The Balaban J connectivity index is 1.71. The van der Waals surface area contributed by atoms with Crippen molar-refractivity contribution in [2.45, 2.75) is 39.8 Å². The molecule has 6 heteroatoms. The summed E-state index contributed by atoms with van der Waals surface area (Å²) in [6, 6.07) is 4.97. The van der Waals surface area contributed by atoms with E-state index in [0.717, 1.165) is 23.6 Å². The van der Waals surface area contributed by atoms with Gasteiger partial charge in [0.2, 0.25) is 5.91 Å². The summed E-state index contributed by atoms with van der Waals surface area (Å²) in [5.74, 6) is 1.37. The molecule has 1 aliphatic rings. The third-order valence-electron chi connectivity index (χ3n) is 4.05. The normalized spacial score (nSPS) is 14.0. The molecule has 116 valence electrons. The van der Waals surface area contributed by atoms with Gasteiger partial charge in [0, 0.05) is 19.5 Å². The Kier molecular flexibility index (Phi) is 3.92. The second kappa shape index (κ2) is 5.87. The molecule has 0 unspecified atom stereocenters. The molecule has 0 spiro atoms. The first kappa shape index (κ1) is 14.7. The lowest BCUT2D eigenvalue weighted by atomic mass is 10.1. The minimum absolute atomic E-state index is 0.0740. The van der Waals surface area contributed by atoms with Crippen LogP contribution in [-0.4, -0.2) is 32.1 Å². The van der Waals surface area contributed by atoms with Crippen LogP contribution in [0.25, 0.3) is 0 Å². The standard InChI is InChI=1S/C16H19FN4O/c1-3-14-18-19-15-10-20(6-7-21(14)15)16(22)9-12-5-4-11(2)8-13(12)17/h4-5,8H,3,6-7,9-10H2,1-2H3. The van der Waals surface area contributed by atoms with E-state index >= 15 is 0 Å². The second-order valence-corrected chi connectivity index (χ2v) is 5.62. The molecule has 2 heterocycles. The van der Waals surface area contributed by atoms with E-state index in [9.17, 15) is 9.18 Å². The Morgan fingerprint density at radius 3 is 2.86 bits per heavy atom. The lowest BCUT2D eigenvalue weighted by Crippen LogP contribution is -2.39. The smallest absolute Gasteiger partial charge is 0.227 e. The molecule has 5 nitrogen and oxygen atoms in total. The molecule has 1 amide bonds. The predicted octanol–water partition coefficient (Wildman–Crippen LogP) is 1.87. The van der Waals surface area contributed by atoms with Gasteiger partial charge < -0.3 is 9.47 Å². The molecule has 0 saturated heterocycles. The molecule has 22 heavy (non-hydrogen) atoms. The topological polar surface area (TPSA) is 51.0 Å². The number of amides is 1. The van der Waals surface area contributed by atoms with Crippen molar-refractivity contribution in [1.82, 2.24) is 19.7 Å². The minimum atomic E-state index is -0.318. The van der Waals surface area contributed by atoms with Crippen LogP contribution in [0.5, 0.6) is 0 Å². The van der Waals surface area contributed by atoms with Crippen LogP contribution in [0.2, 0.25) is 0 Å². The highest BCUT2D eigenvalue weighted by molar-refractivity contribution is 5.78. The van der Waals surface area contributed by atoms with Crippen LogP contribution >= 0.6 is 0 Å². The molecule has 1 aliphatic heterocycles. The number of halogens is 1. The largest absolute Gasteiger partial charge is 0.333 e. The number of aryl methyl sites for hydroxylation is 2. The zero-order valence-corrected chi connectivity index (χ0v) is 12.8. The zero-order valence-electron chi connectivity index (χ0n) is 12.8. The summed E-state index contributed by atoms with van der Waals surface area (Å²) in [5.41, 5.74) is 1.30. The van der Waals surface area contributed by atoms with Crippen molar-refractivity contribution in [3.05, 3.63) is 46.8 Å². The molecule has 0 atom stereocenters. The molecule has 2 aromatic rings. The van der Waals surface area contributed by atoms with E-state index in [1.54, 1.807) is 11.0 Å². The van der Waals surface area contributed by atoms with Gasteiger partial charge in [-0.05, 0) is 24.1 Å². The van der Waals surface area contributed by atoms with Gasteiger partial charge in [-0.2, -0.15) is 0 Å². The third kappa shape index (κ3) is 2.73. The second-order valence-electron chi connectivity index (χ2n) is 5.62. The van der Waals surface area contributed by atoms with Gasteiger partial charge in [0.15, 0.2) is 5.82 Å². The number of hydrogen-bond donors (Lipinski definition) is 0. The summed E-state index contributed by atoms with van der Waals surface area (Å²) in [4.78, 5) is 14.1. The predicted molar refractivity (Wildman–Crippen MR) is 79.7 cm³/mol. The van der Waals surface area contributed by atoms with Crippen LogP contribution < -0.4 is 0 Å². The van der Waals surface area contributed by atoms with Crippen LogP contribution in [0.4, 0.5) is 4.39 Å². The number of fused-ring (bicyclic) bond motifs is 1. The van der Waals surface area contributed by atoms with Crippen molar-refractivity contribution in [3.63, 3.8) is 0 Å².